The summed E-state index contributed by atoms with van der Waals surface area (Å²) in [5.41, 5.74) is 1.11. The van der Waals surface area contributed by atoms with Crippen molar-refractivity contribution < 1.29 is 5.11 Å². The zero-order valence-corrected chi connectivity index (χ0v) is 14.0. The SMILES string of the molecule is CNC(CCN(C)C(C)CO)c1ccc(Br)cc1Cl. The highest BCUT2D eigenvalue weighted by molar-refractivity contribution is 9.10. The van der Waals surface area contributed by atoms with E-state index in [-0.39, 0.29) is 18.7 Å². The third-order valence-corrected chi connectivity index (χ3v) is 4.29. The van der Waals surface area contributed by atoms with Crippen LogP contribution in [0.3, 0.4) is 0 Å². The first-order valence-electron chi connectivity index (χ1n) is 6.43. The number of hydrogen-bond donors (Lipinski definition) is 2. The van der Waals surface area contributed by atoms with Crippen molar-refractivity contribution in [2.45, 2.75) is 25.4 Å². The van der Waals surface area contributed by atoms with Crippen LogP contribution in [0, 0.1) is 0 Å². The first kappa shape index (κ1) is 16.9. The molecular weight excluding hydrogens is 328 g/mol. The maximum atomic E-state index is 9.14. The fraction of sp³-hybridized carbons (Fsp3) is 0.571. The van der Waals surface area contributed by atoms with Gasteiger partial charge in [0.1, 0.15) is 0 Å². The van der Waals surface area contributed by atoms with Gasteiger partial charge in [0.25, 0.3) is 0 Å². The third kappa shape index (κ3) is 5.04. The van der Waals surface area contributed by atoms with Gasteiger partial charge in [0.15, 0.2) is 0 Å². The molecule has 0 amide bonds. The van der Waals surface area contributed by atoms with Gasteiger partial charge in [-0.25, -0.2) is 0 Å². The molecule has 0 fully saturated rings. The lowest BCUT2D eigenvalue weighted by Crippen LogP contribution is -2.34. The number of nitrogens with one attached hydrogen (secondary N) is 1. The molecule has 5 heteroatoms. The molecule has 0 saturated carbocycles. The summed E-state index contributed by atoms with van der Waals surface area (Å²) in [6, 6.07) is 6.36. The van der Waals surface area contributed by atoms with Gasteiger partial charge in [-0.1, -0.05) is 33.6 Å². The molecule has 3 nitrogen and oxygen atoms in total. The highest BCUT2D eigenvalue weighted by Crippen LogP contribution is 2.28. The van der Waals surface area contributed by atoms with Crippen molar-refractivity contribution >= 4 is 27.5 Å². The average molecular weight is 350 g/mol. The average Bonchev–Trinajstić information content (AvgIpc) is 2.39. The highest BCUT2D eigenvalue weighted by atomic mass is 79.9. The van der Waals surface area contributed by atoms with Gasteiger partial charge < -0.3 is 15.3 Å². The monoisotopic (exact) mass is 348 g/mol. The molecule has 0 bridgehead atoms. The highest BCUT2D eigenvalue weighted by Gasteiger charge is 2.15. The third-order valence-electron chi connectivity index (χ3n) is 3.47. The summed E-state index contributed by atoms with van der Waals surface area (Å²) in [7, 11) is 3.97. The van der Waals surface area contributed by atoms with Gasteiger partial charge in [-0.2, -0.15) is 0 Å². The second-order valence-electron chi connectivity index (χ2n) is 4.81. The number of halogens is 2. The number of aliphatic hydroxyl groups excluding tert-OH is 1. The molecule has 1 aromatic carbocycles. The van der Waals surface area contributed by atoms with Crippen LogP contribution in [0.2, 0.25) is 5.02 Å². The maximum Gasteiger partial charge on any atom is 0.0584 e. The lowest BCUT2D eigenvalue weighted by Gasteiger charge is -2.26. The second kappa shape index (κ2) is 8.22. The van der Waals surface area contributed by atoms with Crippen molar-refractivity contribution in [2.75, 3.05) is 27.2 Å². The van der Waals surface area contributed by atoms with Gasteiger partial charge >= 0.3 is 0 Å². The Kier molecular flexibility index (Phi) is 7.32. The van der Waals surface area contributed by atoms with Crippen molar-refractivity contribution in [3.8, 4) is 0 Å². The van der Waals surface area contributed by atoms with Crippen molar-refractivity contribution in [3.63, 3.8) is 0 Å². The summed E-state index contributed by atoms with van der Waals surface area (Å²) in [5.74, 6) is 0. The molecule has 2 unspecified atom stereocenters. The van der Waals surface area contributed by atoms with E-state index < -0.39 is 0 Å². The molecule has 0 saturated heterocycles. The normalized spacial score (nSPS) is 14.7. The van der Waals surface area contributed by atoms with E-state index in [9.17, 15) is 0 Å². The predicted octanol–water partition coefficient (Wildman–Crippen LogP) is 3.07. The zero-order valence-electron chi connectivity index (χ0n) is 11.7. The van der Waals surface area contributed by atoms with E-state index in [0.29, 0.717) is 0 Å². The van der Waals surface area contributed by atoms with Crippen LogP contribution in [0.1, 0.15) is 24.9 Å². The quantitative estimate of drug-likeness (QED) is 0.794. The molecule has 0 aliphatic carbocycles. The lowest BCUT2D eigenvalue weighted by atomic mass is 10.0. The summed E-state index contributed by atoms with van der Waals surface area (Å²) in [4.78, 5) is 2.15. The van der Waals surface area contributed by atoms with E-state index in [0.717, 1.165) is 28.0 Å². The van der Waals surface area contributed by atoms with Crippen molar-refractivity contribution in [1.29, 1.82) is 0 Å². The first-order chi connectivity index (χ1) is 8.99. The molecule has 0 aromatic heterocycles. The maximum absolute atomic E-state index is 9.14. The Balaban J connectivity index is 2.68. The fourth-order valence-corrected chi connectivity index (χ4v) is 2.74. The Morgan fingerprint density at radius 3 is 2.68 bits per heavy atom. The van der Waals surface area contributed by atoms with Crippen LogP contribution in [0.5, 0.6) is 0 Å². The Hall–Kier alpha value is -0.130. The van der Waals surface area contributed by atoms with E-state index in [2.05, 4.69) is 26.1 Å². The van der Waals surface area contributed by atoms with Crippen molar-refractivity contribution in [2.24, 2.45) is 0 Å². The smallest absolute Gasteiger partial charge is 0.0584 e. The number of benzene rings is 1. The van der Waals surface area contributed by atoms with Gasteiger partial charge in [0.05, 0.1) is 6.61 Å². The minimum atomic E-state index is 0.179. The first-order valence-corrected chi connectivity index (χ1v) is 7.60. The van der Waals surface area contributed by atoms with Gasteiger partial charge in [-0.15, -0.1) is 0 Å². The summed E-state index contributed by atoms with van der Waals surface area (Å²) in [5, 5.41) is 13.2. The van der Waals surface area contributed by atoms with E-state index in [1.807, 2.05) is 39.2 Å². The molecular formula is C14H22BrClN2O. The summed E-state index contributed by atoms with van der Waals surface area (Å²) >= 11 is 9.70. The van der Waals surface area contributed by atoms with Crippen LogP contribution >= 0.6 is 27.5 Å². The number of likely N-dealkylation sites (N-methyl/N-ethyl adjacent to an activating group) is 1. The number of hydrogen-bond acceptors (Lipinski definition) is 3. The Labute approximate surface area is 129 Å². The van der Waals surface area contributed by atoms with Gasteiger partial charge in [0, 0.05) is 28.1 Å². The Bertz CT molecular complexity index is 403. The molecule has 1 aromatic rings. The van der Waals surface area contributed by atoms with E-state index in [4.69, 9.17) is 16.7 Å². The van der Waals surface area contributed by atoms with Crippen LogP contribution < -0.4 is 5.32 Å². The lowest BCUT2D eigenvalue weighted by molar-refractivity contribution is 0.154. The fourth-order valence-electron chi connectivity index (χ4n) is 1.93. The molecule has 1 rings (SSSR count). The molecule has 108 valence electrons. The van der Waals surface area contributed by atoms with E-state index in [1.165, 1.54) is 0 Å². The molecule has 19 heavy (non-hydrogen) atoms. The molecule has 0 radical (unpaired) electrons. The Morgan fingerprint density at radius 2 is 2.16 bits per heavy atom. The Morgan fingerprint density at radius 1 is 1.47 bits per heavy atom. The van der Waals surface area contributed by atoms with Crippen LogP contribution in [-0.2, 0) is 0 Å². The summed E-state index contributed by atoms with van der Waals surface area (Å²) in [6.07, 6.45) is 0.943. The molecule has 0 aliphatic heterocycles. The summed E-state index contributed by atoms with van der Waals surface area (Å²) < 4.78 is 0.988. The summed E-state index contributed by atoms with van der Waals surface area (Å²) in [6.45, 7) is 3.10. The molecule has 2 N–H and O–H groups in total. The van der Waals surface area contributed by atoms with E-state index >= 15 is 0 Å². The second-order valence-corrected chi connectivity index (χ2v) is 6.13. The standard InChI is InChI=1S/C14H22BrClN2O/c1-10(9-19)18(3)7-6-14(17-2)12-5-4-11(15)8-13(12)16/h4-5,8,10,14,17,19H,6-7,9H2,1-3H3. The molecule has 0 aliphatic rings. The minimum absolute atomic E-state index is 0.179. The minimum Gasteiger partial charge on any atom is -0.395 e. The van der Waals surface area contributed by atoms with Crippen molar-refractivity contribution in [3.05, 3.63) is 33.3 Å². The topological polar surface area (TPSA) is 35.5 Å². The predicted molar refractivity (Wildman–Crippen MR) is 84.7 cm³/mol. The number of nitrogens with zero attached hydrogens (tertiary/aromatic N) is 1. The van der Waals surface area contributed by atoms with Crippen LogP contribution in [-0.4, -0.2) is 43.3 Å². The van der Waals surface area contributed by atoms with Gasteiger partial charge in [-0.3, -0.25) is 0 Å². The van der Waals surface area contributed by atoms with E-state index in [1.54, 1.807) is 0 Å². The molecule has 0 spiro atoms. The molecule has 0 heterocycles. The molecule has 2 atom stereocenters. The zero-order chi connectivity index (χ0) is 14.4. The van der Waals surface area contributed by atoms with Gasteiger partial charge in [0.2, 0.25) is 0 Å². The number of rotatable bonds is 7. The van der Waals surface area contributed by atoms with Crippen LogP contribution in [0.4, 0.5) is 0 Å². The number of aliphatic hydroxyl groups is 1. The van der Waals surface area contributed by atoms with Gasteiger partial charge in [-0.05, 0) is 45.1 Å². The largest absolute Gasteiger partial charge is 0.395 e. The van der Waals surface area contributed by atoms with Crippen LogP contribution in [0.15, 0.2) is 22.7 Å². The van der Waals surface area contributed by atoms with Crippen molar-refractivity contribution in [1.82, 2.24) is 10.2 Å². The van der Waals surface area contributed by atoms with Crippen LogP contribution in [0.25, 0.3) is 0 Å².